The molecule has 2 aromatic rings. The van der Waals surface area contributed by atoms with Crippen LogP contribution in [-0.4, -0.2) is 17.1 Å². The predicted molar refractivity (Wildman–Crippen MR) is 86.8 cm³/mol. The van der Waals surface area contributed by atoms with Gasteiger partial charge in [-0.3, -0.25) is 0 Å². The Labute approximate surface area is 130 Å². The maximum Gasteiger partial charge on any atom is 0.137 e. The molecule has 0 radical (unpaired) electrons. The molecule has 1 heterocycles. The highest BCUT2D eigenvalue weighted by molar-refractivity contribution is 6.29. The molecule has 0 bridgehead atoms. The molecule has 0 spiro atoms. The van der Waals surface area contributed by atoms with Gasteiger partial charge in [0.05, 0.1) is 7.11 Å². The smallest absolute Gasteiger partial charge is 0.137 e. The van der Waals surface area contributed by atoms with Crippen LogP contribution in [0.5, 0.6) is 5.75 Å². The summed E-state index contributed by atoms with van der Waals surface area (Å²) in [4.78, 5) is 8.84. The van der Waals surface area contributed by atoms with E-state index in [0.717, 1.165) is 17.0 Å². The molecule has 112 valence electrons. The van der Waals surface area contributed by atoms with Crippen LogP contribution in [0.4, 0.5) is 11.5 Å². The molecule has 4 nitrogen and oxygen atoms in total. The van der Waals surface area contributed by atoms with E-state index in [9.17, 15) is 0 Å². The van der Waals surface area contributed by atoms with Crippen LogP contribution in [0, 0.1) is 6.92 Å². The van der Waals surface area contributed by atoms with Gasteiger partial charge in [-0.25, -0.2) is 9.97 Å². The van der Waals surface area contributed by atoms with E-state index in [-0.39, 0.29) is 5.41 Å². The average molecular weight is 306 g/mol. The maximum atomic E-state index is 6.10. The number of ether oxygens (including phenoxy) is 1. The molecule has 2 rings (SSSR count). The quantitative estimate of drug-likeness (QED) is 0.849. The molecule has 0 aliphatic heterocycles. The number of benzene rings is 1. The SMILES string of the molecule is COc1ccc(Nc2cc(Cl)nc(C(C)(C)C)n2)c(C)c1. The van der Waals surface area contributed by atoms with Crippen LogP contribution in [0.1, 0.15) is 32.2 Å². The summed E-state index contributed by atoms with van der Waals surface area (Å²) in [6.45, 7) is 8.18. The summed E-state index contributed by atoms with van der Waals surface area (Å²) in [6.07, 6.45) is 0. The van der Waals surface area contributed by atoms with Crippen molar-refractivity contribution in [2.45, 2.75) is 33.1 Å². The van der Waals surface area contributed by atoms with E-state index in [1.54, 1.807) is 13.2 Å². The Kier molecular flexibility index (Phi) is 4.37. The van der Waals surface area contributed by atoms with Crippen molar-refractivity contribution in [2.24, 2.45) is 0 Å². The van der Waals surface area contributed by atoms with Crippen molar-refractivity contribution in [1.82, 2.24) is 9.97 Å². The van der Waals surface area contributed by atoms with Gasteiger partial charge in [-0.1, -0.05) is 32.4 Å². The number of nitrogens with zero attached hydrogens (tertiary/aromatic N) is 2. The van der Waals surface area contributed by atoms with E-state index in [4.69, 9.17) is 16.3 Å². The van der Waals surface area contributed by atoms with Crippen molar-refractivity contribution in [3.63, 3.8) is 0 Å². The number of rotatable bonds is 3. The summed E-state index contributed by atoms with van der Waals surface area (Å²) in [5.41, 5.74) is 1.88. The lowest BCUT2D eigenvalue weighted by Crippen LogP contribution is -2.16. The fourth-order valence-corrected chi connectivity index (χ4v) is 2.04. The van der Waals surface area contributed by atoms with Crippen molar-refractivity contribution >= 4 is 23.1 Å². The number of halogens is 1. The van der Waals surface area contributed by atoms with Gasteiger partial charge in [-0.2, -0.15) is 0 Å². The molecule has 1 N–H and O–H groups in total. The molecule has 0 aliphatic rings. The van der Waals surface area contributed by atoms with Gasteiger partial charge in [-0.15, -0.1) is 0 Å². The fraction of sp³-hybridized carbons (Fsp3) is 0.375. The first-order chi connectivity index (χ1) is 9.79. The third-order valence-electron chi connectivity index (χ3n) is 3.06. The van der Waals surface area contributed by atoms with Gasteiger partial charge in [0.25, 0.3) is 0 Å². The summed E-state index contributed by atoms with van der Waals surface area (Å²) in [7, 11) is 1.65. The molecular formula is C16H20ClN3O. The van der Waals surface area contributed by atoms with Crippen LogP contribution in [-0.2, 0) is 5.41 Å². The lowest BCUT2D eigenvalue weighted by Gasteiger charge is -2.18. The van der Waals surface area contributed by atoms with Crippen molar-refractivity contribution in [2.75, 3.05) is 12.4 Å². The number of aromatic nitrogens is 2. The van der Waals surface area contributed by atoms with Gasteiger partial charge in [0.2, 0.25) is 0 Å². The Morgan fingerprint density at radius 2 is 1.86 bits per heavy atom. The maximum absolute atomic E-state index is 6.10. The van der Waals surface area contributed by atoms with E-state index in [1.807, 2.05) is 25.1 Å². The first-order valence-electron chi connectivity index (χ1n) is 6.76. The van der Waals surface area contributed by atoms with E-state index in [2.05, 4.69) is 36.1 Å². The van der Waals surface area contributed by atoms with Crippen LogP contribution in [0.3, 0.4) is 0 Å². The topological polar surface area (TPSA) is 47.0 Å². The van der Waals surface area contributed by atoms with Gasteiger partial charge >= 0.3 is 0 Å². The lowest BCUT2D eigenvalue weighted by atomic mass is 9.96. The fourth-order valence-electron chi connectivity index (χ4n) is 1.86. The normalized spacial score (nSPS) is 11.3. The Morgan fingerprint density at radius 1 is 1.14 bits per heavy atom. The second-order valence-electron chi connectivity index (χ2n) is 5.96. The Hall–Kier alpha value is -1.81. The highest BCUT2D eigenvalue weighted by atomic mass is 35.5. The first-order valence-corrected chi connectivity index (χ1v) is 7.14. The molecule has 1 aromatic carbocycles. The molecule has 0 atom stereocenters. The monoisotopic (exact) mass is 305 g/mol. The Morgan fingerprint density at radius 3 is 2.43 bits per heavy atom. The number of hydrogen-bond donors (Lipinski definition) is 1. The Balaban J connectivity index is 2.33. The highest BCUT2D eigenvalue weighted by Gasteiger charge is 2.19. The van der Waals surface area contributed by atoms with E-state index in [0.29, 0.717) is 16.8 Å². The summed E-state index contributed by atoms with van der Waals surface area (Å²) in [6, 6.07) is 7.56. The van der Waals surface area contributed by atoms with Crippen molar-refractivity contribution in [3.8, 4) is 5.75 Å². The van der Waals surface area contributed by atoms with Crippen molar-refractivity contribution < 1.29 is 4.74 Å². The van der Waals surface area contributed by atoms with Crippen molar-refractivity contribution in [1.29, 1.82) is 0 Å². The minimum absolute atomic E-state index is 0.156. The van der Waals surface area contributed by atoms with Crippen LogP contribution in [0.15, 0.2) is 24.3 Å². The van der Waals surface area contributed by atoms with Gasteiger partial charge in [0.1, 0.15) is 22.5 Å². The zero-order valence-electron chi connectivity index (χ0n) is 13.0. The molecule has 21 heavy (non-hydrogen) atoms. The largest absolute Gasteiger partial charge is 0.497 e. The second-order valence-corrected chi connectivity index (χ2v) is 6.34. The molecule has 0 unspecified atom stereocenters. The second kappa shape index (κ2) is 5.90. The zero-order chi connectivity index (χ0) is 15.6. The summed E-state index contributed by atoms with van der Waals surface area (Å²) < 4.78 is 5.21. The molecule has 0 saturated carbocycles. The molecule has 0 amide bonds. The highest BCUT2D eigenvalue weighted by Crippen LogP contribution is 2.27. The molecule has 0 fully saturated rings. The van der Waals surface area contributed by atoms with Gasteiger partial charge in [0, 0.05) is 17.2 Å². The van der Waals surface area contributed by atoms with Gasteiger partial charge < -0.3 is 10.1 Å². The summed E-state index contributed by atoms with van der Waals surface area (Å²) in [5.74, 6) is 2.23. The summed E-state index contributed by atoms with van der Waals surface area (Å²) in [5, 5.41) is 3.72. The van der Waals surface area contributed by atoms with E-state index >= 15 is 0 Å². The molecule has 0 saturated heterocycles. The number of nitrogens with one attached hydrogen (secondary N) is 1. The molecule has 0 aliphatic carbocycles. The molecule has 5 heteroatoms. The molecular weight excluding hydrogens is 286 g/mol. The number of aryl methyl sites for hydroxylation is 1. The predicted octanol–water partition coefficient (Wildman–Crippen LogP) is 4.49. The lowest BCUT2D eigenvalue weighted by molar-refractivity contribution is 0.414. The average Bonchev–Trinajstić information content (AvgIpc) is 2.39. The number of hydrogen-bond acceptors (Lipinski definition) is 4. The summed E-state index contributed by atoms with van der Waals surface area (Å²) >= 11 is 6.10. The number of anilines is 2. The van der Waals surface area contributed by atoms with Gasteiger partial charge in [0.15, 0.2) is 0 Å². The third-order valence-corrected chi connectivity index (χ3v) is 3.26. The van der Waals surface area contributed by atoms with E-state index in [1.165, 1.54) is 0 Å². The van der Waals surface area contributed by atoms with Crippen molar-refractivity contribution in [3.05, 3.63) is 40.8 Å². The van der Waals surface area contributed by atoms with Crippen LogP contribution in [0.2, 0.25) is 5.15 Å². The van der Waals surface area contributed by atoms with Crippen LogP contribution < -0.4 is 10.1 Å². The Bertz CT molecular complexity index is 650. The third kappa shape index (κ3) is 3.85. The zero-order valence-corrected chi connectivity index (χ0v) is 13.7. The van der Waals surface area contributed by atoms with E-state index < -0.39 is 0 Å². The van der Waals surface area contributed by atoms with Crippen LogP contribution >= 0.6 is 11.6 Å². The molecule has 1 aromatic heterocycles. The van der Waals surface area contributed by atoms with Gasteiger partial charge in [-0.05, 0) is 30.7 Å². The minimum Gasteiger partial charge on any atom is -0.497 e. The number of methoxy groups -OCH3 is 1. The minimum atomic E-state index is -0.156. The first kappa shape index (κ1) is 15.6. The standard InChI is InChI=1S/C16H20ClN3O/c1-10-8-11(21-5)6-7-12(10)18-14-9-13(17)19-15(20-14)16(2,3)4/h6-9H,1-5H3,(H,18,19,20). The van der Waals surface area contributed by atoms with Crippen LogP contribution in [0.25, 0.3) is 0 Å².